The molecule has 0 fully saturated rings. The summed E-state index contributed by atoms with van der Waals surface area (Å²) in [5.74, 6) is -0.824. The number of amides is 1. The highest BCUT2D eigenvalue weighted by atomic mass is 35.5. The largest absolute Gasteiger partial charge is 0.455 e. The van der Waals surface area contributed by atoms with E-state index in [0.717, 1.165) is 0 Å². The third-order valence-corrected chi connectivity index (χ3v) is 3.94. The van der Waals surface area contributed by atoms with E-state index in [1.165, 1.54) is 18.9 Å². The number of rotatable bonds is 8. The van der Waals surface area contributed by atoms with Gasteiger partial charge in [0.05, 0.1) is 17.4 Å². The molecule has 0 saturated carbocycles. The molecule has 0 unspecified atom stereocenters. The highest BCUT2D eigenvalue weighted by molar-refractivity contribution is 8.00. The topological polar surface area (TPSA) is 64.6 Å². The third-order valence-electron chi connectivity index (χ3n) is 2.23. The zero-order valence-electron chi connectivity index (χ0n) is 11.4. The van der Waals surface area contributed by atoms with Crippen LogP contribution in [0.15, 0.2) is 23.1 Å². The van der Waals surface area contributed by atoms with Crippen LogP contribution in [0.2, 0.25) is 10.0 Å². The Balaban J connectivity index is 2.28. The van der Waals surface area contributed by atoms with Crippen molar-refractivity contribution in [2.45, 2.75) is 4.90 Å². The van der Waals surface area contributed by atoms with Crippen molar-refractivity contribution in [2.75, 3.05) is 32.6 Å². The number of ether oxygens (including phenoxy) is 2. The van der Waals surface area contributed by atoms with Gasteiger partial charge in [0.25, 0.3) is 5.91 Å². The monoisotopic (exact) mass is 351 g/mol. The molecule has 0 aliphatic rings. The van der Waals surface area contributed by atoms with Gasteiger partial charge < -0.3 is 14.8 Å². The first-order chi connectivity index (χ1) is 10.0. The van der Waals surface area contributed by atoms with E-state index in [-0.39, 0.29) is 18.3 Å². The predicted octanol–water partition coefficient (Wildman–Crippen LogP) is 2.39. The molecule has 0 saturated heterocycles. The lowest BCUT2D eigenvalue weighted by Crippen LogP contribution is -2.31. The lowest BCUT2D eigenvalue weighted by Gasteiger charge is -2.07. The van der Waals surface area contributed by atoms with Crippen LogP contribution < -0.4 is 5.32 Å². The van der Waals surface area contributed by atoms with E-state index in [0.29, 0.717) is 28.1 Å². The van der Waals surface area contributed by atoms with Crippen LogP contribution in [0.25, 0.3) is 0 Å². The van der Waals surface area contributed by atoms with E-state index in [2.05, 4.69) is 5.32 Å². The Labute approximate surface area is 137 Å². The quantitative estimate of drug-likeness (QED) is 0.442. The van der Waals surface area contributed by atoms with Gasteiger partial charge >= 0.3 is 5.97 Å². The van der Waals surface area contributed by atoms with Crippen molar-refractivity contribution in [3.63, 3.8) is 0 Å². The molecule has 8 heteroatoms. The van der Waals surface area contributed by atoms with Gasteiger partial charge in [-0.3, -0.25) is 9.59 Å². The second-order valence-corrected chi connectivity index (χ2v) is 5.73. The van der Waals surface area contributed by atoms with Gasteiger partial charge in [-0.25, -0.2) is 0 Å². The van der Waals surface area contributed by atoms with E-state index in [9.17, 15) is 9.59 Å². The smallest absolute Gasteiger partial charge is 0.316 e. The molecule has 1 aromatic carbocycles. The summed E-state index contributed by atoms with van der Waals surface area (Å²) in [4.78, 5) is 23.5. The Morgan fingerprint density at radius 3 is 2.81 bits per heavy atom. The number of carbonyl (C=O) groups is 2. The molecule has 0 radical (unpaired) electrons. The molecule has 116 valence electrons. The molecule has 21 heavy (non-hydrogen) atoms. The number of hydrogen-bond donors (Lipinski definition) is 1. The van der Waals surface area contributed by atoms with Crippen LogP contribution in [0.3, 0.4) is 0 Å². The first kappa shape index (κ1) is 18.1. The highest BCUT2D eigenvalue weighted by Crippen LogP contribution is 2.29. The van der Waals surface area contributed by atoms with E-state index in [1.54, 1.807) is 18.2 Å². The van der Waals surface area contributed by atoms with Gasteiger partial charge in [-0.2, -0.15) is 0 Å². The highest BCUT2D eigenvalue weighted by Gasteiger charge is 2.10. The average molecular weight is 352 g/mol. The van der Waals surface area contributed by atoms with Crippen molar-refractivity contribution in [1.82, 2.24) is 5.32 Å². The summed E-state index contributed by atoms with van der Waals surface area (Å²) in [7, 11) is 1.53. The van der Waals surface area contributed by atoms with Gasteiger partial charge in [0.1, 0.15) is 0 Å². The molecule has 0 atom stereocenters. The standard InChI is InChI=1S/C13H15Cl2NO4S/c1-19-5-4-16-12(17)7-20-13(18)8-21-11-6-9(14)2-3-10(11)15/h2-3,6H,4-5,7-8H2,1H3,(H,16,17). The first-order valence-corrected chi connectivity index (χ1v) is 7.76. The van der Waals surface area contributed by atoms with Crippen LogP contribution >= 0.6 is 35.0 Å². The Morgan fingerprint density at radius 1 is 1.33 bits per heavy atom. The van der Waals surface area contributed by atoms with E-state index >= 15 is 0 Å². The van der Waals surface area contributed by atoms with Gasteiger partial charge in [0, 0.05) is 23.6 Å². The van der Waals surface area contributed by atoms with Crippen LogP contribution in [0.4, 0.5) is 0 Å². The van der Waals surface area contributed by atoms with Crippen molar-refractivity contribution in [3.05, 3.63) is 28.2 Å². The molecular formula is C13H15Cl2NO4S. The van der Waals surface area contributed by atoms with Crippen molar-refractivity contribution in [1.29, 1.82) is 0 Å². The Bertz CT molecular complexity index is 499. The Morgan fingerprint density at radius 2 is 2.10 bits per heavy atom. The molecule has 1 N–H and O–H groups in total. The minimum atomic E-state index is -0.502. The number of thioether (sulfide) groups is 1. The minimum absolute atomic E-state index is 0.0470. The van der Waals surface area contributed by atoms with E-state index < -0.39 is 5.97 Å². The number of methoxy groups -OCH3 is 1. The zero-order valence-corrected chi connectivity index (χ0v) is 13.7. The maximum atomic E-state index is 11.5. The van der Waals surface area contributed by atoms with Gasteiger partial charge in [-0.1, -0.05) is 23.2 Å². The summed E-state index contributed by atoms with van der Waals surface area (Å²) in [6, 6.07) is 4.98. The molecule has 1 amide bonds. The molecule has 0 aliphatic carbocycles. The van der Waals surface area contributed by atoms with Crippen molar-refractivity contribution in [2.24, 2.45) is 0 Å². The maximum Gasteiger partial charge on any atom is 0.316 e. The van der Waals surface area contributed by atoms with Gasteiger partial charge in [-0.05, 0) is 18.2 Å². The average Bonchev–Trinajstić information content (AvgIpc) is 2.46. The molecule has 1 rings (SSSR count). The third kappa shape index (κ3) is 7.57. The summed E-state index contributed by atoms with van der Waals surface area (Å²) < 4.78 is 9.61. The second-order valence-electron chi connectivity index (χ2n) is 3.87. The summed E-state index contributed by atoms with van der Waals surface area (Å²) in [5.41, 5.74) is 0. The minimum Gasteiger partial charge on any atom is -0.455 e. The Kier molecular flexibility index (Phi) is 8.52. The fourth-order valence-corrected chi connectivity index (χ4v) is 2.55. The predicted molar refractivity (Wildman–Crippen MR) is 83.0 cm³/mol. The molecule has 1 aromatic rings. The molecule has 0 heterocycles. The van der Waals surface area contributed by atoms with Gasteiger partial charge in [0.15, 0.2) is 6.61 Å². The summed E-state index contributed by atoms with van der Waals surface area (Å²) in [6.07, 6.45) is 0. The van der Waals surface area contributed by atoms with E-state index in [1.807, 2.05) is 0 Å². The number of halogens is 2. The van der Waals surface area contributed by atoms with Crippen molar-refractivity contribution >= 4 is 46.8 Å². The molecule has 5 nitrogen and oxygen atoms in total. The first-order valence-electron chi connectivity index (χ1n) is 6.02. The lowest BCUT2D eigenvalue weighted by atomic mass is 10.4. The lowest BCUT2D eigenvalue weighted by molar-refractivity contribution is -0.145. The number of hydrogen-bond acceptors (Lipinski definition) is 5. The van der Waals surface area contributed by atoms with Gasteiger partial charge in [0.2, 0.25) is 0 Å². The SMILES string of the molecule is COCCNC(=O)COC(=O)CSc1cc(Cl)ccc1Cl. The fourth-order valence-electron chi connectivity index (χ4n) is 1.26. The zero-order chi connectivity index (χ0) is 15.7. The van der Waals surface area contributed by atoms with Crippen LogP contribution in [-0.4, -0.2) is 44.5 Å². The summed E-state index contributed by atoms with van der Waals surface area (Å²) in [6.45, 7) is 0.467. The second kappa shape index (κ2) is 9.89. The molecular weight excluding hydrogens is 337 g/mol. The number of nitrogens with one attached hydrogen (secondary N) is 1. The number of esters is 1. The molecule has 0 bridgehead atoms. The molecule has 0 aliphatic heterocycles. The van der Waals surface area contributed by atoms with Crippen molar-refractivity contribution in [3.8, 4) is 0 Å². The van der Waals surface area contributed by atoms with Crippen LogP contribution in [-0.2, 0) is 19.1 Å². The normalized spacial score (nSPS) is 10.2. The van der Waals surface area contributed by atoms with E-state index in [4.69, 9.17) is 32.7 Å². The molecule has 0 aromatic heterocycles. The molecule has 0 spiro atoms. The number of carbonyl (C=O) groups excluding carboxylic acids is 2. The Hall–Kier alpha value is -0.950. The van der Waals surface area contributed by atoms with Crippen LogP contribution in [0.1, 0.15) is 0 Å². The number of benzene rings is 1. The fraction of sp³-hybridized carbons (Fsp3) is 0.385. The van der Waals surface area contributed by atoms with Crippen molar-refractivity contribution < 1.29 is 19.1 Å². The van der Waals surface area contributed by atoms with Crippen LogP contribution in [0.5, 0.6) is 0 Å². The maximum absolute atomic E-state index is 11.5. The summed E-state index contributed by atoms with van der Waals surface area (Å²) in [5, 5.41) is 3.59. The van der Waals surface area contributed by atoms with Gasteiger partial charge in [-0.15, -0.1) is 11.8 Å². The van der Waals surface area contributed by atoms with Crippen LogP contribution in [0, 0.1) is 0 Å². The summed E-state index contributed by atoms with van der Waals surface area (Å²) >= 11 is 13.0.